The maximum atomic E-state index is 13.3. The van der Waals surface area contributed by atoms with E-state index in [0.29, 0.717) is 12.8 Å². The monoisotopic (exact) mass is 275 g/mol. The first-order chi connectivity index (χ1) is 9.63. The molecule has 2 aromatic carbocycles. The summed E-state index contributed by atoms with van der Waals surface area (Å²) >= 11 is 0. The second-order valence-corrected chi connectivity index (χ2v) is 5.17. The topological polar surface area (TPSA) is 32.3 Å². The smallest absolute Gasteiger partial charge is 0.123 e. The molecule has 0 radical (unpaired) electrons. The van der Waals surface area contributed by atoms with Crippen molar-refractivity contribution in [2.24, 2.45) is 0 Å². The predicted molar refractivity (Wildman–Crippen MR) is 73.5 cm³/mol. The molecule has 0 amide bonds. The van der Waals surface area contributed by atoms with Crippen molar-refractivity contribution in [3.05, 3.63) is 65.2 Å². The van der Waals surface area contributed by atoms with E-state index < -0.39 is 5.54 Å². The first kappa shape index (κ1) is 13.1. The minimum atomic E-state index is -0.624. The molecule has 1 aliphatic carbocycles. The largest absolute Gasteiger partial charge is 0.394 e. The van der Waals surface area contributed by atoms with Gasteiger partial charge < -0.3 is 10.4 Å². The number of halogens is 2. The molecule has 4 heteroatoms. The maximum absolute atomic E-state index is 13.3. The number of aryl methyl sites for hydroxylation is 1. The van der Waals surface area contributed by atoms with Crippen LogP contribution in [0.25, 0.3) is 0 Å². The van der Waals surface area contributed by atoms with E-state index in [4.69, 9.17) is 0 Å². The Bertz CT molecular complexity index is 627. The number of aliphatic hydroxyl groups is 1. The van der Waals surface area contributed by atoms with Crippen molar-refractivity contribution < 1.29 is 13.9 Å². The number of nitrogens with one attached hydrogen (secondary N) is 1. The molecule has 3 rings (SSSR count). The zero-order valence-electron chi connectivity index (χ0n) is 10.9. The lowest BCUT2D eigenvalue weighted by atomic mass is 9.92. The molecule has 20 heavy (non-hydrogen) atoms. The molecule has 0 saturated heterocycles. The molecular weight excluding hydrogens is 260 g/mol. The Kier molecular flexibility index (Phi) is 3.18. The van der Waals surface area contributed by atoms with Crippen LogP contribution >= 0.6 is 0 Å². The van der Waals surface area contributed by atoms with Crippen LogP contribution in [0.3, 0.4) is 0 Å². The molecule has 0 bridgehead atoms. The van der Waals surface area contributed by atoms with Gasteiger partial charge in [0.1, 0.15) is 11.6 Å². The lowest BCUT2D eigenvalue weighted by molar-refractivity contribution is 0.211. The third-order valence-electron chi connectivity index (χ3n) is 3.90. The highest BCUT2D eigenvalue weighted by atomic mass is 19.1. The van der Waals surface area contributed by atoms with Crippen molar-refractivity contribution in [3.8, 4) is 0 Å². The molecule has 0 spiro atoms. The van der Waals surface area contributed by atoms with E-state index in [1.54, 1.807) is 18.2 Å². The molecule has 0 fully saturated rings. The number of hydrogen-bond donors (Lipinski definition) is 2. The van der Waals surface area contributed by atoms with Gasteiger partial charge in [0.25, 0.3) is 0 Å². The van der Waals surface area contributed by atoms with Gasteiger partial charge in [0.05, 0.1) is 12.1 Å². The summed E-state index contributed by atoms with van der Waals surface area (Å²) in [5, 5.41) is 13.1. The summed E-state index contributed by atoms with van der Waals surface area (Å²) in [5.41, 5.74) is 1.93. The Labute approximate surface area is 116 Å². The van der Waals surface area contributed by atoms with Crippen molar-refractivity contribution in [2.75, 3.05) is 11.9 Å². The molecule has 104 valence electrons. The molecular formula is C16H15F2NO. The van der Waals surface area contributed by atoms with Crippen LogP contribution in [0.5, 0.6) is 0 Å². The number of benzene rings is 2. The van der Waals surface area contributed by atoms with Gasteiger partial charge in [0.15, 0.2) is 0 Å². The summed E-state index contributed by atoms with van der Waals surface area (Å²) in [6.07, 6.45) is 1.39. The molecule has 0 heterocycles. The molecule has 2 aromatic rings. The first-order valence-electron chi connectivity index (χ1n) is 6.56. The normalized spacial score (nSPS) is 20.8. The van der Waals surface area contributed by atoms with Gasteiger partial charge in [-0.2, -0.15) is 0 Å². The van der Waals surface area contributed by atoms with Crippen LogP contribution in [-0.4, -0.2) is 11.7 Å². The molecule has 1 aliphatic rings. The fourth-order valence-corrected chi connectivity index (χ4v) is 2.86. The molecule has 1 atom stereocenters. The van der Waals surface area contributed by atoms with Crippen LogP contribution in [0, 0.1) is 11.6 Å². The summed E-state index contributed by atoms with van der Waals surface area (Å²) in [7, 11) is 0. The second-order valence-electron chi connectivity index (χ2n) is 5.17. The zero-order chi connectivity index (χ0) is 14.2. The van der Waals surface area contributed by atoms with Crippen LogP contribution in [-0.2, 0) is 12.0 Å². The number of anilines is 1. The quantitative estimate of drug-likeness (QED) is 0.901. The summed E-state index contributed by atoms with van der Waals surface area (Å²) in [4.78, 5) is 0. The van der Waals surface area contributed by atoms with Gasteiger partial charge in [0.2, 0.25) is 0 Å². The van der Waals surface area contributed by atoms with Gasteiger partial charge >= 0.3 is 0 Å². The lowest BCUT2D eigenvalue weighted by Gasteiger charge is -2.31. The third kappa shape index (κ3) is 2.16. The Hall–Kier alpha value is -1.94. The molecule has 2 nitrogen and oxygen atoms in total. The maximum Gasteiger partial charge on any atom is 0.123 e. The number of hydrogen-bond acceptors (Lipinski definition) is 2. The highest BCUT2D eigenvalue weighted by Crippen LogP contribution is 2.39. The van der Waals surface area contributed by atoms with Crippen LogP contribution in [0.4, 0.5) is 14.5 Å². The van der Waals surface area contributed by atoms with Gasteiger partial charge in [-0.05, 0) is 60.4 Å². The van der Waals surface area contributed by atoms with Gasteiger partial charge in [0, 0.05) is 5.69 Å². The minimum Gasteiger partial charge on any atom is -0.394 e. The van der Waals surface area contributed by atoms with E-state index in [0.717, 1.165) is 16.8 Å². The SMILES string of the molecule is OCC1(Nc2ccc(F)cc2)CCc2cc(F)ccc21. The average molecular weight is 275 g/mol. The van der Waals surface area contributed by atoms with Gasteiger partial charge in [-0.25, -0.2) is 8.78 Å². The fourth-order valence-electron chi connectivity index (χ4n) is 2.86. The van der Waals surface area contributed by atoms with Gasteiger partial charge in [-0.15, -0.1) is 0 Å². The molecule has 1 unspecified atom stereocenters. The van der Waals surface area contributed by atoms with E-state index in [2.05, 4.69) is 5.32 Å². The van der Waals surface area contributed by atoms with Crippen molar-refractivity contribution >= 4 is 5.69 Å². The fraction of sp³-hybridized carbons (Fsp3) is 0.250. The van der Waals surface area contributed by atoms with E-state index in [1.165, 1.54) is 24.3 Å². The first-order valence-corrected chi connectivity index (χ1v) is 6.56. The zero-order valence-corrected chi connectivity index (χ0v) is 10.9. The van der Waals surface area contributed by atoms with Crippen molar-refractivity contribution in [2.45, 2.75) is 18.4 Å². The van der Waals surface area contributed by atoms with Crippen molar-refractivity contribution in [1.82, 2.24) is 0 Å². The molecule has 0 aromatic heterocycles. The Balaban J connectivity index is 1.96. The predicted octanol–water partition coefficient (Wildman–Crippen LogP) is 3.21. The molecule has 2 N–H and O–H groups in total. The van der Waals surface area contributed by atoms with Crippen molar-refractivity contribution in [1.29, 1.82) is 0 Å². The minimum absolute atomic E-state index is 0.0942. The molecule has 0 saturated carbocycles. The standard InChI is InChI=1S/C16H15F2NO/c17-12-1-4-14(5-2-12)19-16(10-20)8-7-11-9-13(18)3-6-15(11)16/h1-6,9,19-20H,7-8,10H2. The van der Waals surface area contributed by atoms with E-state index >= 15 is 0 Å². The number of rotatable bonds is 3. The Morgan fingerprint density at radius 3 is 2.45 bits per heavy atom. The number of aliphatic hydroxyl groups excluding tert-OH is 1. The van der Waals surface area contributed by atoms with Crippen LogP contribution < -0.4 is 5.32 Å². The van der Waals surface area contributed by atoms with Gasteiger partial charge in [-0.1, -0.05) is 6.07 Å². The Morgan fingerprint density at radius 2 is 1.75 bits per heavy atom. The summed E-state index contributed by atoms with van der Waals surface area (Å²) < 4.78 is 26.2. The highest BCUT2D eigenvalue weighted by Gasteiger charge is 2.38. The van der Waals surface area contributed by atoms with Gasteiger partial charge in [-0.3, -0.25) is 0 Å². The summed E-state index contributed by atoms with van der Waals surface area (Å²) in [5.74, 6) is -0.568. The summed E-state index contributed by atoms with van der Waals surface area (Å²) in [6.45, 7) is -0.0942. The second kappa shape index (κ2) is 4.87. The van der Waals surface area contributed by atoms with E-state index in [9.17, 15) is 13.9 Å². The third-order valence-corrected chi connectivity index (χ3v) is 3.90. The summed E-state index contributed by atoms with van der Waals surface area (Å²) in [6, 6.07) is 10.6. The van der Waals surface area contributed by atoms with Crippen LogP contribution in [0.1, 0.15) is 17.5 Å². The van der Waals surface area contributed by atoms with E-state index in [-0.39, 0.29) is 18.2 Å². The average Bonchev–Trinajstić information content (AvgIpc) is 2.80. The Morgan fingerprint density at radius 1 is 1.05 bits per heavy atom. The van der Waals surface area contributed by atoms with Crippen LogP contribution in [0.2, 0.25) is 0 Å². The van der Waals surface area contributed by atoms with Crippen molar-refractivity contribution in [3.63, 3.8) is 0 Å². The highest BCUT2D eigenvalue weighted by molar-refractivity contribution is 5.52. The van der Waals surface area contributed by atoms with E-state index in [1.807, 2.05) is 0 Å². The molecule has 0 aliphatic heterocycles. The number of fused-ring (bicyclic) bond motifs is 1. The lowest BCUT2D eigenvalue weighted by Crippen LogP contribution is -2.36. The van der Waals surface area contributed by atoms with Crippen LogP contribution in [0.15, 0.2) is 42.5 Å².